The molecule has 16 heavy (non-hydrogen) atoms. The standard InChI is InChI=1S/C13H17ClN2/c1-9-6-10(14)7-12-11(9)2-3-13(12)16-5-4-15-8-16/h6-7,13,15H,2-5,8H2,1H3. The zero-order valence-corrected chi connectivity index (χ0v) is 10.3. The molecule has 1 N–H and O–H groups in total. The lowest BCUT2D eigenvalue weighted by atomic mass is 10.0. The van der Waals surface area contributed by atoms with Crippen LogP contribution >= 0.6 is 11.6 Å². The summed E-state index contributed by atoms with van der Waals surface area (Å²) < 4.78 is 0. The Kier molecular flexibility index (Phi) is 2.66. The van der Waals surface area contributed by atoms with Crippen LogP contribution < -0.4 is 5.32 Å². The lowest BCUT2D eigenvalue weighted by Crippen LogP contribution is -2.26. The highest BCUT2D eigenvalue weighted by Gasteiger charge is 2.30. The minimum atomic E-state index is 0.586. The van der Waals surface area contributed by atoms with Crippen molar-refractivity contribution in [3.63, 3.8) is 0 Å². The lowest BCUT2D eigenvalue weighted by Gasteiger charge is -2.23. The maximum atomic E-state index is 6.17. The van der Waals surface area contributed by atoms with Crippen molar-refractivity contribution in [3.05, 3.63) is 33.8 Å². The molecule has 2 nitrogen and oxygen atoms in total. The van der Waals surface area contributed by atoms with Gasteiger partial charge in [-0.3, -0.25) is 4.90 Å². The lowest BCUT2D eigenvalue weighted by molar-refractivity contribution is 0.242. The summed E-state index contributed by atoms with van der Waals surface area (Å²) in [6, 6.07) is 4.84. The highest BCUT2D eigenvalue weighted by atomic mass is 35.5. The molecule has 2 aliphatic rings. The molecule has 1 aliphatic heterocycles. The topological polar surface area (TPSA) is 15.3 Å². The molecule has 0 saturated carbocycles. The molecule has 0 amide bonds. The average molecular weight is 237 g/mol. The van der Waals surface area contributed by atoms with Crippen LogP contribution in [0.2, 0.25) is 5.02 Å². The van der Waals surface area contributed by atoms with Gasteiger partial charge in [-0.25, -0.2) is 0 Å². The molecule has 1 unspecified atom stereocenters. The molecule has 1 aliphatic carbocycles. The van der Waals surface area contributed by atoms with Crippen molar-refractivity contribution < 1.29 is 0 Å². The van der Waals surface area contributed by atoms with Crippen molar-refractivity contribution >= 4 is 11.6 Å². The molecule has 1 fully saturated rings. The number of aryl methyl sites for hydroxylation is 1. The Labute approximate surface area is 102 Å². The molecule has 86 valence electrons. The van der Waals surface area contributed by atoms with Crippen LogP contribution in [0.25, 0.3) is 0 Å². The van der Waals surface area contributed by atoms with Crippen molar-refractivity contribution in [2.24, 2.45) is 0 Å². The Balaban J connectivity index is 1.97. The zero-order valence-electron chi connectivity index (χ0n) is 9.59. The highest BCUT2D eigenvalue weighted by molar-refractivity contribution is 6.30. The fraction of sp³-hybridized carbons (Fsp3) is 0.538. The van der Waals surface area contributed by atoms with E-state index in [4.69, 9.17) is 11.6 Å². The van der Waals surface area contributed by atoms with Gasteiger partial charge in [-0.2, -0.15) is 0 Å². The normalized spacial score (nSPS) is 25.0. The van der Waals surface area contributed by atoms with Crippen molar-refractivity contribution in [1.29, 1.82) is 0 Å². The van der Waals surface area contributed by atoms with E-state index in [1.54, 1.807) is 0 Å². The minimum absolute atomic E-state index is 0.586. The number of rotatable bonds is 1. The predicted molar refractivity (Wildman–Crippen MR) is 66.8 cm³/mol. The van der Waals surface area contributed by atoms with E-state index in [-0.39, 0.29) is 0 Å². The number of nitrogens with one attached hydrogen (secondary N) is 1. The van der Waals surface area contributed by atoms with Crippen molar-refractivity contribution in [1.82, 2.24) is 10.2 Å². The van der Waals surface area contributed by atoms with E-state index in [1.165, 1.54) is 29.5 Å². The van der Waals surface area contributed by atoms with Gasteiger partial charge < -0.3 is 5.32 Å². The summed E-state index contributed by atoms with van der Waals surface area (Å²) in [7, 11) is 0. The van der Waals surface area contributed by atoms with Crippen LogP contribution in [0.5, 0.6) is 0 Å². The molecule has 0 radical (unpaired) electrons. The van der Waals surface area contributed by atoms with Crippen LogP contribution in [0.15, 0.2) is 12.1 Å². The van der Waals surface area contributed by atoms with Gasteiger partial charge in [-0.15, -0.1) is 0 Å². The first-order chi connectivity index (χ1) is 7.75. The largest absolute Gasteiger partial charge is 0.303 e. The first kappa shape index (κ1) is 10.6. The van der Waals surface area contributed by atoms with E-state index in [2.05, 4.69) is 29.3 Å². The van der Waals surface area contributed by atoms with E-state index in [0.717, 1.165) is 24.8 Å². The van der Waals surface area contributed by atoms with E-state index in [0.29, 0.717) is 6.04 Å². The SMILES string of the molecule is Cc1cc(Cl)cc2c1CCC2N1CCNC1. The molecule has 0 bridgehead atoms. The third-order valence-electron chi connectivity index (χ3n) is 3.83. The molecule has 0 spiro atoms. The Hall–Kier alpha value is -0.570. The van der Waals surface area contributed by atoms with Crippen LogP contribution in [0.1, 0.15) is 29.2 Å². The van der Waals surface area contributed by atoms with E-state index in [9.17, 15) is 0 Å². The number of hydrogen-bond donors (Lipinski definition) is 1. The summed E-state index contributed by atoms with van der Waals surface area (Å²) in [4.78, 5) is 2.53. The first-order valence-electron chi connectivity index (χ1n) is 5.99. The third-order valence-corrected chi connectivity index (χ3v) is 4.05. The number of nitrogens with zero attached hydrogens (tertiary/aromatic N) is 1. The fourth-order valence-electron chi connectivity index (χ4n) is 3.04. The Morgan fingerprint density at radius 3 is 3.06 bits per heavy atom. The molecule has 0 aromatic heterocycles. The van der Waals surface area contributed by atoms with Gasteiger partial charge >= 0.3 is 0 Å². The summed E-state index contributed by atoms with van der Waals surface area (Å²) in [6.45, 7) is 5.48. The second kappa shape index (κ2) is 4.02. The Bertz CT molecular complexity index is 411. The number of hydrogen-bond acceptors (Lipinski definition) is 2. The average Bonchev–Trinajstić information content (AvgIpc) is 2.83. The van der Waals surface area contributed by atoms with Gasteiger partial charge in [-0.05, 0) is 48.6 Å². The second-order valence-electron chi connectivity index (χ2n) is 4.82. The van der Waals surface area contributed by atoms with Crippen LogP contribution in [-0.4, -0.2) is 24.7 Å². The van der Waals surface area contributed by atoms with Gasteiger partial charge in [0.15, 0.2) is 0 Å². The molecule has 1 aromatic carbocycles. The molecule has 1 atom stereocenters. The number of fused-ring (bicyclic) bond motifs is 1. The van der Waals surface area contributed by atoms with E-state index in [1.807, 2.05) is 0 Å². The third kappa shape index (κ3) is 1.65. The van der Waals surface area contributed by atoms with Crippen LogP contribution in [0.3, 0.4) is 0 Å². The summed E-state index contributed by atoms with van der Waals surface area (Å²) in [5, 5.41) is 4.29. The van der Waals surface area contributed by atoms with Gasteiger partial charge in [0, 0.05) is 30.8 Å². The summed E-state index contributed by atoms with van der Waals surface area (Å²) in [6.07, 6.45) is 2.46. The van der Waals surface area contributed by atoms with Crippen LogP contribution in [-0.2, 0) is 6.42 Å². The Morgan fingerprint density at radius 2 is 2.31 bits per heavy atom. The molecular weight excluding hydrogens is 220 g/mol. The maximum absolute atomic E-state index is 6.17. The molecule has 3 heteroatoms. The molecular formula is C13H17ClN2. The Morgan fingerprint density at radius 1 is 1.44 bits per heavy atom. The van der Waals surface area contributed by atoms with E-state index >= 15 is 0 Å². The zero-order chi connectivity index (χ0) is 11.1. The smallest absolute Gasteiger partial charge is 0.0487 e. The van der Waals surface area contributed by atoms with Crippen LogP contribution in [0, 0.1) is 6.92 Å². The monoisotopic (exact) mass is 236 g/mol. The van der Waals surface area contributed by atoms with Crippen molar-refractivity contribution in [3.8, 4) is 0 Å². The fourth-order valence-corrected chi connectivity index (χ4v) is 3.33. The molecule has 1 aromatic rings. The van der Waals surface area contributed by atoms with Gasteiger partial charge in [0.1, 0.15) is 0 Å². The maximum Gasteiger partial charge on any atom is 0.0487 e. The number of benzene rings is 1. The van der Waals surface area contributed by atoms with Gasteiger partial charge in [0.05, 0.1) is 0 Å². The number of halogens is 1. The minimum Gasteiger partial charge on any atom is -0.303 e. The highest BCUT2D eigenvalue weighted by Crippen LogP contribution is 2.39. The quantitative estimate of drug-likeness (QED) is 0.806. The summed E-state index contributed by atoms with van der Waals surface area (Å²) in [5.41, 5.74) is 4.35. The van der Waals surface area contributed by atoms with Gasteiger partial charge in [-0.1, -0.05) is 11.6 Å². The summed E-state index contributed by atoms with van der Waals surface area (Å²) >= 11 is 6.17. The van der Waals surface area contributed by atoms with E-state index < -0.39 is 0 Å². The van der Waals surface area contributed by atoms with Crippen LogP contribution in [0.4, 0.5) is 0 Å². The van der Waals surface area contributed by atoms with Crippen molar-refractivity contribution in [2.45, 2.75) is 25.8 Å². The first-order valence-corrected chi connectivity index (χ1v) is 6.37. The van der Waals surface area contributed by atoms with Gasteiger partial charge in [0.25, 0.3) is 0 Å². The summed E-state index contributed by atoms with van der Waals surface area (Å²) in [5.74, 6) is 0. The van der Waals surface area contributed by atoms with Crippen molar-refractivity contribution in [2.75, 3.05) is 19.8 Å². The molecule has 1 saturated heterocycles. The molecule has 3 rings (SSSR count). The second-order valence-corrected chi connectivity index (χ2v) is 5.25. The predicted octanol–water partition coefficient (Wildman–Crippen LogP) is 2.50. The molecule has 1 heterocycles. The van der Waals surface area contributed by atoms with Gasteiger partial charge in [0.2, 0.25) is 0 Å².